The van der Waals surface area contributed by atoms with E-state index in [0.717, 1.165) is 30.6 Å². The van der Waals surface area contributed by atoms with Gasteiger partial charge in [0.05, 0.1) is 6.61 Å². The van der Waals surface area contributed by atoms with Gasteiger partial charge >= 0.3 is 0 Å². The summed E-state index contributed by atoms with van der Waals surface area (Å²) in [5.41, 5.74) is 4.59. The Labute approximate surface area is 107 Å². The predicted octanol–water partition coefficient (Wildman–Crippen LogP) is 2.66. The molecular formula is C15H16N2O. The van der Waals surface area contributed by atoms with Gasteiger partial charge < -0.3 is 10.0 Å². The maximum Gasteiger partial charge on any atom is 0.0717 e. The van der Waals surface area contributed by atoms with Crippen molar-refractivity contribution in [1.82, 2.24) is 4.98 Å². The Morgan fingerprint density at radius 2 is 2.06 bits per heavy atom. The zero-order valence-corrected chi connectivity index (χ0v) is 10.2. The number of hydrogen-bond donors (Lipinski definition) is 1. The summed E-state index contributed by atoms with van der Waals surface area (Å²) in [6.07, 6.45) is 5.80. The van der Waals surface area contributed by atoms with Crippen LogP contribution < -0.4 is 4.90 Å². The van der Waals surface area contributed by atoms with Gasteiger partial charge in [0.25, 0.3) is 0 Å². The number of para-hydroxylation sites is 1. The first-order chi connectivity index (χ1) is 8.90. The van der Waals surface area contributed by atoms with E-state index < -0.39 is 0 Å². The molecule has 92 valence electrons. The van der Waals surface area contributed by atoms with Crippen molar-refractivity contribution in [2.45, 2.75) is 19.4 Å². The third kappa shape index (κ3) is 1.87. The highest BCUT2D eigenvalue weighted by Crippen LogP contribution is 2.34. The number of pyridine rings is 1. The molecule has 3 rings (SSSR count). The monoisotopic (exact) mass is 240 g/mol. The largest absolute Gasteiger partial charge is 0.392 e. The fourth-order valence-electron chi connectivity index (χ4n) is 2.59. The number of hydrogen-bond acceptors (Lipinski definition) is 3. The smallest absolute Gasteiger partial charge is 0.0717 e. The Kier molecular flexibility index (Phi) is 2.99. The molecule has 0 unspecified atom stereocenters. The number of aromatic nitrogens is 1. The van der Waals surface area contributed by atoms with Crippen LogP contribution in [0.4, 0.5) is 11.4 Å². The first kappa shape index (κ1) is 11.2. The molecule has 0 radical (unpaired) electrons. The van der Waals surface area contributed by atoms with Gasteiger partial charge in [-0.2, -0.15) is 0 Å². The maximum atomic E-state index is 9.43. The van der Waals surface area contributed by atoms with Crippen LogP contribution in [-0.4, -0.2) is 16.6 Å². The molecule has 0 bridgehead atoms. The number of aliphatic hydroxyl groups excluding tert-OH is 1. The molecule has 1 N–H and O–H groups in total. The van der Waals surface area contributed by atoms with Crippen LogP contribution >= 0.6 is 0 Å². The van der Waals surface area contributed by atoms with Crippen LogP contribution in [0, 0.1) is 0 Å². The molecular weight excluding hydrogens is 224 g/mol. The van der Waals surface area contributed by atoms with Gasteiger partial charge in [-0.25, -0.2) is 0 Å². The molecule has 1 aromatic heterocycles. The van der Waals surface area contributed by atoms with Gasteiger partial charge in [-0.1, -0.05) is 18.2 Å². The van der Waals surface area contributed by atoms with Gasteiger partial charge in [0.2, 0.25) is 0 Å². The first-order valence-electron chi connectivity index (χ1n) is 6.29. The van der Waals surface area contributed by atoms with Crippen molar-refractivity contribution in [2.75, 3.05) is 11.4 Å². The zero-order valence-electron chi connectivity index (χ0n) is 10.2. The SMILES string of the molecule is OCc1cnccc1N1CCCc2ccccc21. The van der Waals surface area contributed by atoms with E-state index in [9.17, 15) is 5.11 Å². The topological polar surface area (TPSA) is 36.4 Å². The van der Waals surface area contributed by atoms with Crippen molar-refractivity contribution in [3.05, 3.63) is 53.9 Å². The predicted molar refractivity (Wildman–Crippen MR) is 71.9 cm³/mol. The molecule has 1 aliphatic rings. The van der Waals surface area contributed by atoms with Gasteiger partial charge in [-0.3, -0.25) is 4.98 Å². The highest BCUT2D eigenvalue weighted by atomic mass is 16.3. The van der Waals surface area contributed by atoms with Crippen molar-refractivity contribution in [3.8, 4) is 0 Å². The molecule has 0 spiro atoms. The average Bonchev–Trinajstić information content (AvgIpc) is 2.46. The van der Waals surface area contributed by atoms with Crippen LogP contribution in [0.5, 0.6) is 0 Å². The Balaban J connectivity index is 2.08. The Morgan fingerprint density at radius 3 is 2.94 bits per heavy atom. The normalized spacial score (nSPS) is 14.4. The molecule has 1 aromatic carbocycles. The molecule has 3 nitrogen and oxygen atoms in total. The number of anilines is 2. The molecule has 0 saturated carbocycles. The molecule has 2 aromatic rings. The minimum Gasteiger partial charge on any atom is -0.392 e. The molecule has 18 heavy (non-hydrogen) atoms. The van der Waals surface area contributed by atoms with E-state index in [0.29, 0.717) is 0 Å². The van der Waals surface area contributed by atoms with Crippen LogP contribution in [0.3, 0.4) is 0 Å². The van der Waals surface area contributed by atoms with Crippen LogP contribution in [0.1, 0.15) is 17.5 Å². The summed E-state index contributed by atoms with van der Waals surface area (Å²) in [5, 5.41) is 9.43. The van der Waals surface area contributed by atoms with Crippen LogP contribution in [-0.2, 0) is 13.0 Å². The first-order valence-corrected chi connectivity index (χ1v) is 6.29. The lowest BCUT2D eigenvalue weighted by Gasteiger charge is -2.32. The second-order valence-corrected chi connectivity index (χ2v) is 4.55. The van der Waals surface area contributed by atoms with Crippen molar-refractivity contribution >= 4 is 11.4 Å². The molecule has 3 heteroatoms. The van der Waals surface area contributed by atoms with Gasteiger partial charge in [0.1, 0.15) is 0 Å². The van der Waals surface area contributed by atoms with Gasteiger partial charge in [-0.05, 0) is 30.5 Å². The Hall–Kier alpha value is -1.87. The molecule has 1 aliphatic heterocycles. The van der Waals surface area contributed by atoms with Gasteiger partial charge in [0.15, 0.2) is 0 Å². The summed E-state index contributed by atoms with van der Waals surface area (Å²) >= 11 is 0. The molecule has 0 aliphatic carbocycles. The van der Waals surface area contributed by atoms with Crippen LogP contribution in [0.25, 0.3) is 0 Å². The number of fused-ring (bicyclic) bond motifs is 1. The standard InChI is InChI=1S/C15H16N2O/c18-11-13-10-16-8-7-15(13)17-9-3-5-12-4-1-2-6-14(12)17/h1-2,4,6-8,10,18H,3,5,9,11H2. The van der Waals surface area contributed by atoms with Crippen molar-refractivity contribution in [2.24, 2.45) is 0 Å². The van der Waals surface area contributed by atoms with E-state index in [1.807, 2.05) is 6.07 Å². The maximum absolute atomic E-state index is 9.43. The number of aliphatic hydroxyl groups is 1. The van der Waals surface area contributed by atoms with E-state index in [-0.39, 0.29) is 6.61 Å². The van der Waals surface area contributed by atoms with Crippen LogP contribution in [0.15, 0.2) is 42.7 Å². The number of nitrogens with zero attached hydrogens (tertiary/aromatic N) is 2. The second-order valence-electron chi connectivity index (χ2n) is 4.55. The Morgan fingerprint density at radius 1 is 1.17 bits per heavy atom. The van der Waals surface area contributed by atoms with Gasteiger partial charge in [0, 0.05) is 35.9 Å². The summed E-state index contributed by atoms with van der Waals surface area (Å²) in [5.74, 6) is 0. The number of rotatable bonds is 2. The molecule has 0 fully saturated rings. The van der Waals surface area contributed by atoms with E-state index in [2.05, 4.69) is 34.1 Å². The molecule has 0 amide bonds. The minimum atomic E-state index is 0.0296. The lowest BCUT2D eigenvalue weighted by molar-refractivity contribution is 0.281. The second kappa shape index (κ2) is 4.78. The summed E-state index contributed by atoms with van der Waals surface area (Å²) in [6.45, 7) is 1.02. The number of benzene rings is 1. The van der Waals surface area contributed by atoms with E-state index in [4.69, 9.17) is 0 Å². The van der Waals surface area contributed by atoms with Crippen molar-refractivity contribution < 1.29 is 5.11 Å². The highest BCUT2D eigenvalue weighted by Gasteiger charge is 2.19. The lowest BCUT2D eigenvalue weighted by Crippen LogP contribution is -2.25. The summed E-state index contributed by atoms with van der Waals surface area (Å²) in [4.78, 5) is 6.36. The van der Waals surface area contributed by atoms with Crippen molar-refractivity contribution in [1.29, 1.82) is 0 Å². The lowest BCUT2D eigenvalue weighted by atomic mass is 10.0. The molecule has 2 heterocycles. The Bertz CT molecular complexity index is 554. The number of aryl methyl sites for hydroxylation is 1. The van der Waals surface area contributed by atoms with E-state index >= 15 is 0 Å². The summed E-state index contributed by atoms with van der Waals surface area (Å²) in [7, 11) is 0. The minimum absolute atomic E-state index is 0.0296. The van der Waals surface area contributed by atoms with E-state index in [1.54, 1.807) is 12.4 Å². The third-order valence-electron chi connectivity index (χ3n) is 3.45. The van der Waals surface area contributed by atoms with Crippen molar-refractivity contribution in [3.63, 3.8) is 0 Å². The average molecular weight is 240 g/mol. The summed E-state index contributed by atoms with van der Waals surface area (Å²) in [6, 6.07) is 10.5. The highest BCUT2D eigenvalue weighted by molar-refractivity contribution is 5.69. The van der Waals surface area contributed by atoms with Gasteiger partial charge in [-0.15, -0.1) is 0 Å². The summed E-state index contributed by atoms with van der Waals surface area (Å²) < 4.78 is 0. The zero-order chi connectivity index (χ0) is 12.4. The fraction of sp³-hybridized carbons (Fsp3) is 0.267. The van der Waals surface area contributed by atoms with E-state index in [1.165, 1.54) is 11.3 Å². The fourth-order valence-corrected chi connectivity index (χ4v) is 2.59. The van der Waals surface area contributed by atoms with Crippen LogP contribution in [0.2, 0.25) is 0 Å². The molecule has 0 saturated heterocycles. The molecule has 0 atom stereocenters. The third-order valence-corrected chi connectivity index (χ3v) is 3.45. The quantitative estimate of drug-likeness (QED) is 0.876.